The number of ketones is 1. The van der Waals surface area contributed by atoms with Gasteiger partial charge in [-0.1, -0.05) is 42.3 Å². The number of esters is 1. The van der Waals surface area contributed by atoms with Crippen LogP contribution in [0.1, 0.15) is 78.6 Å². The Kier molecular flexibility index (Phi) is 3.73. The normalized spacial score (nSPS) is 55.7. The van der Waals surface area contributed by atoms with Gasteiger partial charge in [0.05, 0.1) is 4.32 Å². The number of rotatable bonds is 0. The number of allylic oxidation sites excluding steroid dienone is 1. The Morgan fingerprint density at radius 2 is 1.80 bits per heavy atom. The van der Waals surface area contributed by atoms with Crippen molar-refractivity contribution in [1.82, 2.24) is 0 Å². The molecule has 1 aliphatic heterocycles. The molecule has 3 nitrogen and oxygen atoms in total. The fourth-order valence-corrected chi connectivity index (χ4v) is 10.3. The number of ether oxygens (including phenoxy) is 1. The molecule has 0 aromatic carbocycles. The molecule has 5 fully saturated rings. The first-order valence-electron chi connectivity index (χ1n) is 11.8. The molecule has 0 aromatic heterocycles. The number of carbonyl (C=O) groups excluding carboxylic acids is 2. The number of hydrogen-bond donors (Lipinski definition) is 0. The van der Waals surface area contributed by atoms with Crippen molar-refractivity contribution in [3.05, 3.63) is 11.6 Å². The molecule has 30 heavy (non-hydrogen) atoms. The van der Waals surface area contributed by atoms with E-state index in [1.54, 1.807) is 0 Å². The average molecular weight is 479 g/mol. The van der Waals surface area contributed by atoms with Crippen molar-refractivity contribution in [3.8, 4) is 0 Å². The fraction of sp³-hybridized carbons (Fsp3) is 0.840. The summed E-state index contributed by atoms with van der Waals surface area (Å²) >= 11 is 4.09. The summed E-state index contributed by atoms with van der Waals surface area (Å²) in [5.41, 5.74) is 0.170. The highest BCUT2D eigenvalue weighted by Gasteiger charge is 2.78. The number of carbonyl (C=O) groups is 2. The van der Waals surface area contributed by atoms with E-state index in [0.29, 0.717) is 25.2 Å². The number of alkyl halides is 2. The smallest absolute Gasteiger partial charge is 0.306 e. The lowest BCUT2D eigenvalue weighted by Gasteiger charge is -2.66. The van der Waals surface area contributed by atoms with E-state index in [0.717, 1.165) is 38.5 Å². The zero-order chi connectivity index (χ0) is 21.3. The summed E-state index contributed by atoms with van der Waals surface area (Å²) in [6.45, 7) is 6.66. The molecule has 4 saturated carbocycles. The van der Waals surface area contributed by atoms with E-state index in [2.05, 4.69) is 36.7 Å². The molecular weight excluding hydrogens is 447 g/mol. The zero-order valence-electron chi connectivity index (χ0n) is 18.2. The van der Waals surface area contributed by atoms with Crippen LogP contribution in [-0.4, -0.2) is 27.8 Å². The molecule has 0 N–H and O–H groups in total. The van der Waals surface area contributed by atoms with Gasteiger partial charge in [0, 0.05) is 23.7 Å². The Morgan fingerprint density at radius 3 is 2.43 bits per heavy atom. The third kappa shape index (κ3) is 1.99. The minimum atomic E-state index is -1.03. The largest absolute Gasteiger partial charge is 0.458 e. The van der Waals surface area contributed by atoms with Gasteiger partial charge in [0.15, 0.2) is 5.78 Å². The molecule has 5 aliphatic carbocycles. The summed E-state index contributed by atoms with van der Waals surface area (Å²) < 4.78 is 22.0. The molecule has 0 radical (unpaired) electrons. The Labute approximate surface area is 186 Å². The predicted molar refractivity (Wildman–Crippen MR) is 115 cm³/mol. The van der Waals surface area contributed by atoms with Gasteiger partial charge in [-0.3, -0.25) is 9.59 Å². The lowest BCUT2D eigenvalue weighted by atomic mass is 9.43. The molecule has 0 aromatic rings. The van der Waals surface area contributed by atoms with Gasteiger partial charge in [-0.25, -0.2) is 4.39 Å². The Morgan fingerprint density at radius 1 is 1.07 bits per heavy atom. The molecular formula is C25H32BrFO3. The minimum Gasteiger partial charge on any atom is -0.458 e. The molecule has 0 bridgehead atoms. The summed E-state index contributed by atoms with van der Waals surface area (Å²) in [7, 11) is 0. The second-order valence-corrected chi connectivity index (χ2v) is 13.2. The molecule has 1 saturated heterocycles. The fourth-order valence-electron chi connectivity index (χ4n) is 9.27. The van der Waals surface area contributed by atoms with E-state index in [9.17, 15) is 9.59 Å². The zero-order valence-corrected chi connectivity index (χ0v) is 19.8. The van der Waals surface area contributed by atoms with E-state index in [1.807, 2.05) is 6.08 Å². The molecule has 6 rings (SSSR count). The second kappa shape index (κ2) is 5.61. The maximum atomic E-state index is 16.5. The summed E-state index contributed by atoms with van der Waals surface area (Å²) in [6.07, 6.45) is 7.96. The molecule has 1 heterocycles. The molecule has 164 valence electrons. The van der Waals surface area contributed by atoms with E-state index >= 15 is 4.39 Å². The van der Waals surface area contributed by atoms with Crippen molar-refractivity contribution in [1.29, 1.82) is 0 Å². The van der Waals surface area contributed by atoms with Crippen LogP contribution in [0.2, 0.25) is 0 Å². The SMILES string of the molecule is CC1CC2C3CC4(CC4)C4=CC(=O)CC[C@]4(C)[C@@]3(Br)[C@@H](F)C[C@]2(C)[C@]12CCC(=O)O2. The third-order valence-corrected chi connectivity index (χ3v) is 12.9. The summed E-state index contributed by atoms with van der Waals surface area (Å²) in [6, 6.07) is 0. The number of fused-ring (bicyclic) bond motifs is 7. The topological polar surface area (TPSA) is 43.4 Å². The Balaban J connectivity index is 1.50. The van der Waals surface area contributed by atoms with Gasteiger partial charge >= 0.3 is 5.97 Å². The van der Waals surface area contributed by atoms with Gasteiger partial charge in [-0.05, 0) is 74.2 Å². The Bertz CT molecular complexity index is 895. The van der Waals surface area contributed by atoms with Crippen LogP contribution in [0.25, 0.3) is 0 Å². The first kappa shape index (κ1) is 19.9. The lowest BCUT2D eigenvalue weighted by molar-refractivity contribution is -0.179. The van der Waals surface area contributed by atoms with Crippen molar-refractivity contribution >= 4 is 27.7 Å². The van der Waals surface area contributed by atoms with Crippen molar-refractivity contribution < 1.29 is 18.7 Å². The predicted octanol–water partition coefficient (Wildman–Crippen LogP) is 5.70. The van der Waals surface area contributed by atoms with Crippen LogP contribution in [-0.2, 0) is 14.3 Å². The van der Waals surface area contributed by atoms with E-state index in [-0.39, 0.29) is 39.8 Å². The minimum absolute atomic E-state index is 0.0933. The quantitative estimate of drug-likeness (QED) is 0.331. The van der Waals surface area contributed by atoms with Crippen LogP contribution in [0.15, 0.2) is 11.6 Å². The monoisotopic (exact) mass is 478 g/mol. The van der Waals surface area contributed by atoms with Crippen LogP contribution in [0, 0.1) is 34.0 Å². The lowest BCUT2D eigenvalue weighted by Crippen LogP contribution is -2.68. The molecule has 2 spiro atoms. The average Bonchev–Trinajstić information content (AvgIpc) is 3.29. The molecule has 0 amide bonds. The van der Waals surface area contributed by atoms with Crippen molar-refractivity contribution in [2.45, 2.75) is 94.7 Å². The Hall–Kier alpha value is -0.710. The van der Waals surface area contributed by atoms with Crippen LogP contribution in [0.3, 0.4) is 0 Å². The van der Waals surface area contributed by atoms with Gasteiger partial charge in [-0.15, -0.1) is 0 Å². The van der Waals surface area contributed by atoms with E-state index in [1.165, 1.54) is 5.57 Å². The maximum absolute atomic E-state index is 16.5. The highest BCUT2D eigenvalue weighted by molar-refractivity contribution is 9.10. The number of halogens is 2. The van der Waals surface area contributed by atoms with Crippen molar-refractivity contribution in [2.24, 2.45) is 34.0 Å². The van der Waals surface area contributed by atoms with Gasteiger partial charge < -0.3 is 4.74 Å². The van der Waals surface area contributed by atoms with Crippen molar-refractivity contribution in [2.75, 3.05) is 0 Å². The second-order valence-electron chi connectivity index (χ2n) is 11.9. The summed E-state index contributed by atoms with van der Waals surface area (Å²) in [4.78, 5) is 24.6. The summed E-state index contributed by atoms with van der Waals surface area (Å²) in [5, 5.41) is 0. The van der Waals surface area contributed by atoms with Crippen LogP contribution < -0.4 is 0 Å². The molecule has 6 aliphatic rings. The van der Waals surface area contributed by atoms with E-state index < -0.39 is 16.1 Å². The standard InChI is InChI=1S/C25H32BrFO3/c1-14-10-16-17-12-23(8-9-23)18-11-15(28)4-6-21(18,2)25(17,26)19(27)13-22(16,3)24(14)7-5-20(29)30-24/h11,14,16-17,19H,4-10,12-13H2,1-3H3/t14?,16?,17?,19-,21-,22-,24-,25-/m0/s1. The van der Waals surface area contributed by atoms with E-state index in [4.69, 9.17) is 4.74 Å². The van der Waals surface area contributed by atoms with Crippen LogP contribution >= 0.6 is 15.9 Å². The summed E-state index contributed by atoms with van der Waals surface area (Å²) in [5.74, 6) is 0.892. The highest BCUT2D eigenvalue weighted by Crippen LogP contribution is 2.79. The molecule has 3 unspecified atom stereocenters. The molecule has 8 atom stereocenters. The first-order chi connectivity index (χ1) is 14.0. The first-order valence-corrected chi connectivity index (χ1v) is 12.6. The molecule has 5 heteroatoms. The maximum Gasteiger partial charge on any atom is 0.306 e. The van der Waals surface area contributed by atoms with Gasteiger partial charge in [-0.2, -0.15) is 0 Å². The van der Waals surface area contributed by atoms with Crippen LogP contribution in [0.4, 0.5) is 4.39 Å². The third-order valence-electron chi connectivity index (χ3n) is 10.9. The van der Waals surface area contributed by atoms with Crippen LogP contribution in [0.5, 0.6) is 0 Å². The van der Waals surface area contributed by atoms with Crippen molar-refractivity contribution in [3.63, 3.8) is 0 Å². The van der Waals surface area contributed by atoms with Gasteiger partial charge in [0.2, 0.25) is 0 Å². The van der Waals surface area contributed by atoms with Gasteiger partial charge in [0.25, 0.3) is 0 Å². The van der Waals surface area contributed by atoms with Gasteiger partial charge in [0.1, 0.15) is 11.8 Å². The highest BCUT2D eigenvalue weighted by atomic mass is 79.9. The number of hydrogen-bond acceptors (Lipinski definition) is 3.